The Morgan fingerprint density at radius 1 is 1.28 bits per heavy atom. The molecule has 1 aromatic rings. The van der Waals surface area contributed by atoms with Crippen LogP contribution >= 0.6 is 0 Å². The Bertz CT molecular complexity index is 427. The Balaban J connectivity index is 1.99. The van der Waals surface area contributed by atoms with Crippen LogP contribution in [0, 0.1) is 0 Å². The van der Waals surface area contributed by atoms with Gasteiger partial charge in [0.1, 0.15) is 5.78 Å². The van der Waals surface area contributed by atoms with Crippen LogP contribution in [0.3, 0.4) is 0 Å². The maximum absolute atomic E-state index is 12.0. The van der Waals surface area contributed by atoms with Crippen LogP contribution in [0.4, 0.5) is 0 Å². The van der Waals surface area contributed by atoms with Crippen molar-refractivity contribution in [3.05, 3.63) is 35.9 Å². The third kappa shape index (κ3) is 3.26. The molecule has 0 saturated carbocycles. The lowest BCUT2D eigenvalue weighted by atomic mass is 10.0. The molecule has 96 valence electrons. The minimum Gasteiger partial charge on any atom is -0.300 e. The molecule has 3 nitrogen and oxygen atoms in total. The molecular formula is C15H19NO2. The first-order valence-corrected chi connectivity index (χ1v) is 6.47. The van der Waals surface area contributed by atoms with Crippen molar-refractivity contribution in [1.82, 2.24) is 4.90 Å². The summed E-state index contributed by atoms with van der Waals surface area (Å²) in [6, 6.07) is 10.1. The van der Waals surface area contributed by atoms with Crippen molar-refractivity contribution < 1.29 is 9.59 Å². The molecule has 1 unspecified atom stereocenters. The Morgan fingerprint density at radius 2 is 2.00 bits per heavy atom. The van der Waals surface area contributed by atoms with Gasteiger partial charge in [-0.25, -0.2) is 0 Å². The van der Waals surface area contributed by atoms with Crippen molar-refractivity contribution in [2.75, 3.05) is 6.54 Å². The number of hydrogen-bond acceptors (Lipinski definition) is 3. The Morgan fingerprint density at radius 3 is 2.67 bits per heavy atom. The van der Waals surface area contributed by atoms with E-state index in [2.05, 4.69) is 17.0 Å². The van der Waals surface area contributed by atoms with Crippen LogP contribution in [0.2, 0.25) is 0 Å². The monoisotopic (exact) mass is 245 g/mol. The fraction of sp³-hybridized carbons (Fsp3) is 0.467. The van der Waals surface area contributed by atoms with Crippen LogP contribution in [0.15, 0.2) is 30.3 Å². The van der Waals surface area contributed by atoms with Gasteiger partial charge in [-0.1, -0.05) is 30.3 Å². The number of Topliss-reactive ketones (excluding diaryl/α,β-unsaturated/α-hetero) is 2. The highest BCUT2D eigenvalue weighted by atomic mass is 16.1. The van der Waals surface area contributed by atoms with Crippen molar-refractivity contribution in [3.8, 4) is 0 Å². The first kappa shape index (κ1) is 13.0. The zero-order chi connectivity index (χ0) is 13.0. The zero-order valence-electron chi connectivity index (χ0n) is 10.8. The van der Waals surface area contributed by atoms with E-state index >= 15 is 0 Å². The number of rotatable bonds is 5. The highest BCUT2D eigenvalue weighted by Gasteiger charge is 2.30. The molecule has 0 radical (unpaired) electrons. The molecule has 1 atom stereocenters. The van der Waals surface area contributed by atoms with Gasteiger partial charge in [0.05, 0.1) is 12.5 Å². The van der Waals surface area contributed by atoms with E-state index in [9.17, 15) is 9.59 Å². The molecule has 1 heterocycles. The van der Waals surface area contributed by atoms with E-state index < -0.39 is 0 Å². The molecule has 1 aliphatic heterocycles. The third-order valence-corrected chi connectivity index (χ3v) is 3.39. The van der Waals surface area contributed by atoms with Gasteiger partial charge in [0.2, 0.25) is 0 Å². The van der Waals surface area contributed by atoms with E-state index in [1.807, 2.05) is 18.2 Å². The summed E-state index contributed by atoms with van der Waals surface area (Å²) >= 11 is 0. The number of likely N-dealkylation sites (tertiary alicyclic amines) is 1. The average molecular weight is 245 g/mol. The van der Waals surface area contributed by atoms with Gasteiger partial charge in [-0.05, 0) is 31.9 Å². The molecule has 3 heteroatoms. The Labute approximate surface area is 108 Å². The Kier molecular flexibility index (Phi) is 4.26. The van der Waals surface area contributed by atoms with Crippen LogP contribution in [0.25, 0.3) is 0 Å². The Hall–Kier alpha value is -1.48. The summed E-state index contributed by atoms with van der Waals surface area (Å²) in [4.78, 5) is 25.2. The normalized spacial score (nSPS) is 19.9. The van der Waals surface area contributed by atoms with E-state index in [-0.39, 0.29) is 24.0 Å². The van der Waals surface area contributed by atoms with Crippen LogP contribution < -0.4 is 0 Å². The number of nitrogens with zero attached hydrogens (tertiary/aromatic N) is 1. The van der Waals surface area contributed by atoms with E-state index in [4.69, 9.17) is 0 Å². The summed E-state index contributed by atoms with van der Waals surface area (Å²) in [7, 11) is 0. The predicted octanol–water partition coefficient (Wildman–Crippen LogP) is 2.20. The number of hydrogen-bond donors (Lipinski definition) is 0. The van der Waals surface area contributed by atoms with Crippen LogP contribution in [-0.2, 0) is 16.1 Å². The van der Waals surface area contributed by atoms with Crippen molar-refractivity contribution in [2.24, 2.45) is 0 Å². The van der Waals surface area contributed by atoms with Crippen molar-refractivity contribution in [3.63, 3.8) is 0 Å². The number of carbonyl (C=O) groups is 2. The first-order chi connectivity index (χ1) is 8.66. The summed E-state index contributed by atoms with van der Waals surface area (Å²) in [6.07, 6.45) is 2.01. The topological polar surface area (TPSA) is 37.4 Å². The highest BCUT2D eigenvalue weighted by molar-refractivity contribution is 6.00. The molecule has 0 aromatic heterocycles. The first-order valence-electron chi connectivity index (χ1n) is 6.47. The van der Waals surface area contributed by atoms with Gasteiger partial charge in [-0.15, -0.1) is 0 Å². The standard InChI is InChI=1S/C15H19NO2/c1-12(17)10-15(18)14-8-5-9-16(14)11-13-6-3-2-4-7-13/h2-4,6-7,14H,5,8-11H2,1H3. The SMILES string of the molecule is CC(=O)CC(=O)C1CCCN1Cc1ccccc1. The molecule has 0 aliphatic carbocycles. The molecule has 1 aromatic carbocycles. The van der Waals surface area contributed by atoms with Crippen molar-refractivity contribution >= 4 is 11.6 Å². The lowest BCUT2D eigenvalue weighted by Gasteiger charge is -2.23. The van der Waals surface area contributed by atoms with Gasteiger partial charge >= 0.3 is 0 Å². The molecule has 0 N–H and O–H groups in total. The zero-order valence-corrected chi connectivity index (χ0v) is 10.8. The fourth-order valence-electron chi connectivity index (χ4n) is 2.56. The molecule has 1 aliphatic rings. The van der Waals surface area contributed by atoms with Crippen LogP contribution in [0.1, 0.15) is 31.7 Å². The van der Waals surface area contributed by atoms with Gasteiger partial charge < -0.3 is 0 Å². The maximum Gasteiger partial charge on any atom is 0.157 e. The predicted molar refractivity (Wildman–Crippen MR) is 70.2 cm³/mol. The maximum atomic E-state index is 12.0. The minimum atomic E-state index is -0.0610. The fourth-order valence-corrected chi connectivity index (χ4v) is 2.56. The van der Waals surface area contributed by atoms with Crippen LogP contribution in [-0.4, -0.2) is 29.1 Å². The van der Waals surface area contributed by atoms with Gasteiger partial charge in [0, 0.05) is 6.54 Å². The molecule has 1 fully saturated rings. The molecule has 18 heavy (non-hydrogen) atoms. The minimum absolute atomic E-state index is 0.0356. The number of benzene rings is 1. The highest BCUT2D eigenvalue weighted by Crippen LogP contribution is 2.21. The molecule has 1 saturated heterocycles. The summed E-state index contributed by atoms with van der Waals surface area (Å²) < 4.78 is 0. The smallest absolute Gasteiger partial charge is 0.157 e. The van der Waals surface area contributed by atoms with Gasteiger partial charge in [0.15, 0.2) is 5.78 Å². The van der Waals surface area contributed by atoms with Gasteiger partial charge in [-0.3, -0.25) is 14.5 Å². The van der Waals surface area contributed by atoms with Crippen LogP contribution in [0.5, 0.6) is 0 Å². The number of ketones is 2. The molecule has 0 spiro atoms. The molecule has 0 amide bonds. The molecular weight excluding hydrogens is 226 g/mol. The second-order valence-corrected chi connectivity index (χ2v) is 4.96. The molecule has 2 rings (SSSR count). The summed E-state index contributed by atoms with van der Waals surface area (Å²) in [5.41, 5.74) is 1.22. The van der Waals surface area contributed by atoms with E-state index in [0.29, 0.717) is 0 Å². The van der Waals surface area contributed by atoms with E-state index in [0.717, 1.165) is 25.9 Å². The van der Waals surface area contributed by atoms with Crippen molar-refractivity contribution in [1.29, 1.82) is 0 Å². The number of carbonyl (C=O) groups excluding carboxylic acids is 2. The lowest BCUT2D eigenvalue weighted by Crippen LogP contribution is -2.36. The lowest BCUT2D eigenvalue weighted by molar-refractivity contribution is -0.128. The van der Waals surface area contributed by atoms with Gasteiger partial charge in [0.25, 0.3) is 0 Å². The van der Waals surface area contributed by atoms with Gasteiger partial charge in [-0.2, -0.15) is 0 Å². The van der Waals surface area contributed by atoms with E-state index in [1.165, 1.54) is 12.5 Å². The largest absolute Gasteiger partial charge is 0.300 e. The summed E-state index contributed by atoms with van der Waals surface area (Å²) in [6.45, 7) is 3.23. The summed E-state index contributed by atoms with van der Waals surface area (Å²) in [5, 5.41) is 0. The quantitative estimate of drug-likeness (QED) is 0.746. The van der Waals surface area contributed by atoms with E-state index in [1.54, 1.807) is 0 Å². The average Bonchev–Trinajstić information content (AvgIpc) is 2.77. The third-order valence-electron chi connectivity index (χ3n) is 3.39. The summed E-state index contributed by atoms with van der Waals surface area (Å²) in [5.74, 6) is 0.0440. The second kappa shape index (κ2) is 5.91. The van der Waals surface area contributed by atoms with Crippen molar-refractivity contribution in [2.45, 2.75) is 38.8 Å². The second-order valence-electron chi connectivity index (χ2n) is 4.96. The molecule has 0 bridgehead atoms.